The van der Waals surface area contributed by atoms with Crippen LogP contribution in [0.25, 0.3) is 0 Å². The van der Waals surface area contributed by atoms with Gasteiger partial charge in [0.1, 0.15) is 32.9 Å². The van der Waals surface area contributed by atoms with Gasteiger partial charge < -0.3 is 38.3 Å². The molecule has 0 aromatic heterocycles. The normalized spacial score (nSPS) is 21.4. The smallest absolute Gasteiger partial charge is 0.147 e. The van der Waals surface area contributed by atoms with E-state index in [1.54, 1.807) is 0 Å². The molecule has 2 fully saturated rings. The van der Waals surface area contributed by atoms with Gasteiger partial charge in [-0.2, -0.15) is 0 Å². The summed E-state index contributed by atoms with van der Waals surface area (Å²) < 4.78 is 29.2. The molecule has 2 heterocycles. The Labute approximate surface area is 416 Å². The van der Waals surface area contributed by atoms with Crippen LogP contribution in [0.3, 0.4) is 0 Å². The first-order valence-electron chi connectivity index (χ1n) is 27.4. The molecule has 0 aliphatic carbocycles. The molecule has 4 atom stereocenters. The zero-order chi connectivity index (χ0) is 45.6. The monoisotopic (exact) mass is 1010 g/mol. The molecule has 0 aromatic carbocycles. The number of nitrogens with zero attached hydrogens (tertiary/aromatic N) is 2. The standard InChI is InChI=1S/C50H104N2O6S4Si2/c1-3-5-7-9-11-13-15-17-19-21-23-25-27-41-55-45-57-47-31-33-49(53)63-51(39-35-47)37-29-43-59-61-62-60-44-30-38-52-40-36-48(32-34-50(54)64-52)58-46-56-42-28-26-24-22-20-18-16-14-12-10-8-6-4-2/h47-50,53-54H,3-46,63-64H2,1-2H3. The highest BCUT2D eigenvalue weighted by Gasteiger charge is 2.22. The van der Waals surface area contributed by atoms with Gasteiger partial charge in [-0.1, -0.05) is 190 Å². The van der Waals surface area contributed by atoms with Crippen LogP contribution in [-0.2, 0) is 18.9 Å². The quantitative estimate of drug-likeness (QED) is 0.0264. The van der Waals surface area contributed by atoms with Gasteiger partial charge in [0.15, 0.2) is 0 Å². The summed E-state index contributed by atoms with van der Waals surface area (Å²) in [6.07, 6.45) is 44.1. The van der Waals surface area contributed by atoms with Crippen LogP contribution in [0.2, 0.25) is 0 Å². The number of rotatable bonds is 45. The predicted octanol–water partition coefficient (Wildman–Crippen LogP) is 13.1. The van der Waals surface area contributed by atoms with E-state index in [2.05, 4.69) is 23.0 Å². The van der Waals surface area contributed by atoms with Crippen LogP contribution < -0.4 is 0 Å². The molecule has 4 unspecified atom stereocenters. The van der Waals surface area contributed by atoms with Gasteiger partial charge in [-0.25, -0.2) is 0 Å². The van der Waals surface area contributed by atoms with E-state index in [1.807, 2.05) is 41.2 Å². The molecule has 14 heteroatoms. The van der Waals surface area contributed by atoms with Gasteiger partial charge in [0.2, 0.25) is 0 Å². The molecule has 0 bridgehead atoms. The second-order valence-electron chi connectivity index (χ2n) is 19.2. The van der Waals surface area contributed by atoms with E-state index >= 15 is 0 Å². The number of hydrogen-bond acceptors (Lipinski definition) is 12. The highest BCUT2D eigenvalue weighted by Crippen LogP contribution is 2.43. The average Bonchev–Trinajstić information content (AvgIpc) is 3.28. The summed E-state index contributed by atoms with van der Waals surface area (Å²) in [7, 11) is 6.54. The van der Waals surface area contributed by atoms with Crippen LogP contribution in [0.4, 0.5) is 0 Å². The molecule has 0 spiro atoms. The van der Waals surface area contributed by atoms with Crippen LogP contribution in [0.15, 0.2) is 0 Å². The maximum Gasteiger partial charge on any atom is 0.147 e. The molecule has 0 saturated carbocycles. The number of unbranched alkanes of at least 4 members (excludes halogenated alkanes) is 24. The fourth-order valence-electron chi connectivity index (χ4n) is 9.05. The van der Waals surface area contributed by atoms with Crippen molar-refractivity contribution in [1.82, 2.24) is 9.13 Å². The second-order valence-corrected chi connectivity index (χ2v) is 29.9. The lowest BCUT2D eigenvalue weighted by Gasteiger charge is -2.30. The Morgan fingerprint density at radius 3 is 1.09 bits per heavy atom. The Kier molecular flexibility index (Phi) is 46.4. The van der Waals surface area contributed by atoms with E-state index in [-0.39, 0.29) is 23.7 Å². The third-order valence-corrected chi connectivity index (χ3v) is 23.8. The average molecular weight is 1010 g/mol. The lowest BCUT2D eigenvalue weighted by atomic mass is 10.0. The third kappa shape index (κ3) is 40.3. The van der Waals surface area contributed by atoms with E-state index in [0.717, 1.165) is 102 Å². The van der Waals surface area contributed by atoms with E-state index in [0.29, 0.717) is 13.6 Å². The molecule has 2 rings (SSSR count). The number of aliphatic hydroxyl groups is 2. The summed E-state index contributed by atoms with van der Waals surface area (Å²) in [4.78, 5) is 0. The van der Waals surface area contributed by atoms with E-state index in [9.17, 15) is 10.2 Å². The lowest BCUT2D eigenvalue weighted by molar-refractivity contribution is -0.0975. The molecular weight excluding hydrogens is 909 g/mol. The van der Waals surface area contributed by atoms with Gasteiger partial charge in [0.05, 0.1) is 23.7 Å². The predicted molar refractivity (Wildman–Crippen MR) is 292 cm³/mol. The number of ether oxygens (including phenoxy) is 4. The minimum atomic E-state index is -0.621. The Morgan fingerprint density at radius 2 is 0.750 bits per heavy atom. The number of hydrogen-bond donors (Lipinski definition) is 2. The van der Waals surface area contributed by atoms with Crippen LogP contribution in [0.1, 0.15) is 232 Å². The zero-order valence-electron chi connectivity index (χ0n) is 41.9. The Morgan fingerprint density at radius 1 is 0.422 bits per heavy atom. The molecular formula is C50H104N2O6S4Si2. The fourth-order valence-corrected chi connectivity index (χ4v) is 18.7. The first-order chi connectivity index (χ1) is 31.6. The van der Waals surface area contributed by atoms with Gasteiger partial charge in [0.25, 0.3) is 0 Å². The van der Waals surface area contributed by atoms with Gasteiger partial charge in [-0.3, -0.25) is 0 Å². The first-order valence-corrected chi connectivity index (χ1v) is 35.4. The van der Waals surface area contributed by atoms with Crippen molar-refractivity contribution in [1.29, 1.82) is 0 Å². The maximum atomic E-state index is 10.7. The Bertz CT molecular complexity index is 891. The summed E-state index contributed by atoms with van der Waals surface area (Å²) in [5.74, 6) is 2.30. The zero-order valence-corrected chi connectivity index (χ0v) is 48.0. The van der Waals surface area contributed by atoms with Crippen molar-refractivity contribution < 1.29 is 29.2 Å². The Hall–Kier alpha value is 1.51. The highest BCUT2D eigenvalue weighted by molar-refractivity contribution is 9.26. The van der Waals surface area contributed by atoms with E-state index < -0.39 is 19.4 Å². The van der Waals surface area contributed by atoms with E-state index in [4.69, 9.17) is 18.9 Å². The van der Waals surface area contributed by atoms with Crippen LogP contribution >= 0.6 is 41.2 Å². The molecule has 2 N–H and O–H groups in total. The Balaban J connectivity index is 1.37. The SMILES string of the molecule is CCCCCCCCCCCCCCCOCOC1CCC(O)[SiH2]N(CCCSSSSCCCN2CCC(OCOCCCCCCCCCCCCCCC)CCC(O)[SiH2]2)CC1. The summed E-state index contributed by atoms with van der Waals surface area (Å²) in [6, 6.07) is 0. The van der Waals surface area contributed by atoms with Crippen molar-refractivity contribution in [3.05, 3.63) is 0 Å². The van der Waals surface area contributed by atoms with Gasteiger partial charge >= 0.3 is 0 Å². The van der Waals surface area contributed by atoms with Crippen LogP contribution in [0.5, 0.6) is 0 Å². The second kappa shape index (κ2) is 48.2. The molecule has 2 saturated heterocycles. The van der Waals surface area contributed by atoms with Crippen molar-refractivity contribution >= 4 is 60.6 Å². The van der Waals surface area contributed by atoms with Crippen LogP contribution in [-0.4, -0.2) is 127 Å². The molecule has 382 valence electrons. The minimum Gasteiger partial charge on any atom is -0.396 e. The number of aliphatic hydroxyl groups excluding tert-OH is 2. The summed E-state index contributed by atoms with van der Waals surface area (Å²) in [6.45, 7) is 11.3. The molecule has 0 amide bonds. The molecule has 2 aliphatic heterocycles. The van der Waals surface area contributed by atoms with Crippen LogP contribution in [0, 0.1) is 0 Å². The summed E-state index contributed by atoms with van der Waals surface area (Å²) in [5.41, 5.74) is -0.260. The maximum absolute atomic E-state index is 10.7. The highest BCUT2D eigenvalue weighted by atomic mass is 33.7. The van der Waals surface area contributed by atoms with Gasteiger partial charge in [-0.05, 0) is 110 Å². The largest absolute Gasteiger partial charge is 0.396 e. The third-order valence-electron chi connectivity index (χ3n) is 13.2. The molecule has 0 aromatic rings. The molecule has 64 heavy (non-hydrogen) atoms. The summed E-state index contributed by atoms with van der Waals surface area (Å²) >= 11 is 0. The van der Waals surface area contributed by atoms with Crippen molar-refractivity contribution in [2.24, 2.45) is 0 Å². The van der Waals surface area contributed by atoms with Crippen molar-refractivity contribution in [2.45, 2.75) is 256 Å². The molecule has 2 aliphatic rings. The summed E-state index contributed by atoms with van der Waals surface area (Å²) in [5, 5.41) is 21.4. The molecule has 0 radical (unpaired) electrons. The minimum absolute atomic E-state index is 0.130. The van der Waals surface area contributed by atoms with Gasteiger partial charge in [-0.15, -0.1) is 0 Å². The fraction of sp³-hybridized carbons (Fsp3) is 1.00. The van der Waals surface area contributed by atoms with E-state index in [1.165, 1.54) is 167 Å². The lowest BCUT2D eigenvalue weighted by Crippen LogP contribution is -2.41. The topological polar surface area (TPSA) is 83.9 Å². The van der Waals surface area contributed by atoms with Crippen molar-refractivity contribution in [2.75, 3.05) is 64.5 Å². The van der Waals surface area contributed by atoms with Crippen molar-refractivity contribution in [3.63, 3.8) is 0 Å². The molecule has 8 nitrogen and oxygen atoms in total. The van der Waals surface area contributed by atoms with Crippen molar-refractivity contribution in [3.8, 4) is 0 Å². The first kappa shape index (κ1) is 61.6. The van der Waals surface area contributed by atoms with Gasteiger partial charge in [0, 0.05) is 24.7 Å².